The SMILES string of the molecule is CCCOc1ccc(/C=C/C(=O)Nc2sc(C(=O)OCC)c(C)c2C(=O)OCC)cc1OC. The van der Waals surface area contributed by atoms with Gasteiger partial charge in [-0.25, -0.2) is 9.59 Å². The molecule has 0 saturated carbocycles. The molecule has 33 heavy (non-hydrogen) atoms. The molecule has 1 aromatic heterocycles. The number of hydrogen-bond acceptors (Lipinski definition) is 8. The van der Waals surface area contributed by atoms with Crippen LogP contribution in [0.2, 0.25) is 0 Å². The van der Waals surface area contributed by atoms with Crippen molar-refractivity contribution in [3.63, 3.8) is 0 Å². The molecule has 1 heterocycles. The summed E-state index contributed by atoms with van der Waals surface area (Å²) in [5.74, 6) is -0.459. The lowest BCUT2D eigenvalue weighted by molar-refractivity contribution is -0.111. The van der Waals surface area contributed by atoms with E-state index in [0.29, 0.717) is 23.7 Å². The standard InChI is InChI=1S/C24H29NO7S/c1-6-13-32-17-11-9-16(14-18(17)29-5)10-12-19(26)25-22-20(23(27)30-7-2)15(4)21(33-22)24(28)31-8-3/h9-12,14H,6-8,13H2,1-5H3,(H,25,26)/b12-10+. The first-order valence-corrected chi connectivity index (χ1v) is 11.4. The number of hydrogen-bond donors (Lipinski definition) is 1. The summed E-state index contributed by atoms with van der Waals surface area (Å²) in [6, 6.07) is 5.33. The second-order valence-corrected chi connectivity index (χ2v) is 7.80. The van der Waals surface area contributed by atoms with Gasteiger partial charge >= 0.3 is 11.9 Å². The summed E-state index contributed by atoms with van der Waals surface area (Å²) in [5, 5.41) is 2.90. The highest BCUT2D eigenvalue weighted by Gasteiger charge is 2.27. The Morgan fingerprint density at radius 1 is 1.03 bits per heavy atom. The van der Waals surface area contributed by atoms with Crippen LogP contribution in [0.25, 0.3) is 6.08 Å². The Bertz CT molecular complexity index is 1030. The lowest BCUT2D eigenvalue weighted by Gasteiger charge is -2.10. The average Bonchev–Trinajstić information content (AvgIpc) is 3.12. The van der Waals surface area contributed by atoms with Gasteiger partial charge in [-0.05, 0) is 56.5 Å². The fourth-order valence-electron chi connectivity index (χ4n) is 2.89. The summed E-state index contributed by atoms with van der Waals surface area (Å²) >= 11 is 0.976. The molecule has 1 N–H and O–H groups in total. The van der Waals surface area contributed by atoms with Crippen molar-refractivity contribution in [2.45, 2.75) is 34.1 Å². The third-order valence-corrected chi connectivity index (χ3v) is 5.59. The van der Waals surface area contributed by atoms with Gasteiger partial charge in [0.15, 0.2) is 11.5 Å². The van der Waals surface area contributed by atoms with E-state index in [1.165, 1.54) is 6.08 Å². The van der Waals surface area contributed by atoms with Crippen LogP contribution in [0.15, 0.2) is 24.3 Å². The summed E-state index contributed by atoms with van der Waals surface area (Å²) in [7, 11) is 1.55. The van der Waals surface area contributed by atoms with Gasteiger partial charge in [0.1, 0.15) is 9.88 Å². The van der Waals surface area contributed by atoms with Gasteiger partial charge in [-0.3, -0.25) is 4.79 Å². The molecule has 178 valence electrons. The number of benzene rings is 1. The largest absolute Gasteiger partial charge is 0.493 e. The first-order valence-electron chi connectivity index (χ1n) is 10.6. The number of esters is 2. The van der Waals surface area contributed by atoms with Gasteiger partial charge in [-0.15, -0.1) is 11.3 Å². The Hall–Kier alpha value is -3.33. The van der Waals surface area contributed by atoms with E-state index >= 15 is 0 Å². The molecule has 2 rings (SSSR count). The number of anilines is 1. The van der Waals surface area contributed by atoms with E-state index in [2.05, 4.69) is 5.32 Å². The first kappa shape index (κ1) is 25.9. The maximum atomic E-state index is 12.6. The second-order valence-electron chi connectivity index (χ2n) is 6.78. The predicted molar refractivity (Wildman–Crippen MR) is 127 cm³/mol. The van der Waals surface area contributed by atoms with Crippen LogP contribution in [0.3, 0.4) is 0 Å². The number of nitrogens with one attached hydrogen (secondary N) is 1. The van der Waals surface area contributed by atoms with Crippen molar-refractivity contribution >= 4 is 40.3 Å². The zero-order valence-corrected chi connectivity index (χ0v) is 20.3. The van der Waals surface area contributed by atoms with Crippen molar-refractivity contribution in [3.8, 4) is 11.5 Å². The average molecular weight is 476 g/mol. The molecule has 0 aliphatic carbocycles. The maximum absolute atomic E-state index is 12.6. The van der Waals surface area contributed by atoms with Crippen molar-refractivity contribution < 1.29 is 33.3 Å². The van der Waals surface area contributed by atoms with Crippen LogP contribution in [0.4, 0.5) is 5.00 Å². The number of carbonyl (C=O) groups excluding carboxylic acids is 3. The molecule has 0 radical (unpaired) electrons. The monoisotopic (exact) mass is 475 g/mol. The van der Waals surface area contributed by atoms with E-state index in [0.717, 1.165) is 23.3 Å². The van der Waals surface area contributed by atoms with Crippen LogP contribution in [-0.2, 0) is 14.3 Å². The molecule has 8 nitrogen and oxygen atoms in total. The second kappa shape index (κ2) is 12.6. The highest BCUT2D eigenvalue weighted by Crippen LogP contribution is 2.34. The van der Waals surface area contributed by atoms with E-state index < -0.39 is 17.8 Å². The summed E-state index contributed by atoms with van der Waals surface area (Å²) in [6.45, 7) is 7.94. The molecular formula is C24H29NO7S. The van der Waals surface area contributed by atoms with Crippen LogP contribution in [0.1, 0.15) is 58.3 Å². The normalized spacial score (nSPS) is 10.7. The number of ether oxygens (including phenoxy) is 4. The van der Waals surface area contributed by atoms with Crippen molar-refractivity contribution in [2.75, 3.05) is 32.2 Å². The molecule has 0 atom stereocenters. The Morgan fingerprint density at radius 3 is 2.36 bits per heavy atom. The van der Waals surface area contributed by atoms with E-state index in [1.807, 2.05) is 6.92 Å². The van der Waals surface area contributed by atoms with E-state index in [9.17, 15) is 14.4 Å². The molecule has 0 aliphatic rings. The van der Waals surface area contributed by atoms with Crippen LogP contribution in [0.5, 0.6) is 11.5 Å². The lowest BCUT2D eigenvalue weighted by Crippen LogP contribution is -2.13. The summed E-state index contributed by atoms with van der Waals surface area (Å²) < 4.78 is 21.1. The van der Waals surface area contributed by atoms with Crippen molar-refractivity contribution in [1.82, 2.24) is 0 Å². The third-order valence-electron chi connectivity index (χ3n) is 4.40. The number of methoxy groups -OCH3 is 1. The Kier molecular flexibility index (Phi) is 9.93. The summed E-state index contributed by atoms with van der Waals surface area (Å²) in [6.07, 6.45) is 3.81. The minimum atomic E-state index is -0.617. The molecule has 0 unspecified atom stereocenters. The van der Waals surface area contributed by atoms with Crippen molar-refractivity contribution in [1.29, 1.82) is 0 Å². The molecule has 0 spiro atoms. The van der Waals surface area contributed by atoms with Gasteiger partial charge in [-0.2, -0.15) is 0 Å². The molecule has 0 bridgehead atoms. The van der Waals surface area contributed by atoms with Gasteiger partial charge in [-0.1, -0.05) is 13.0 Å². The van der Waals surface area contributed by atoms with Gasteiger partial charge in [0, 0.05) is 6.08 Å². The highest BCUT2D eigenvalue weighted by molar-refractivity contribution is 7.18. The molecule has 1 aromatic carbocycles. The van der Waals surface area contributed by atoms with Gasteiger partial charge < -0.3 is 24.3 Å². The zero-order chi connectivity index (χ0) is 24.4. The molecule has 9 heteroatoms. The van der Waals surface area contributed by atoms with Crippen LogP contribution < -0.4 is 14.8 Å². The molecule has 2 aromatic rings. The van der Waals surface area contributed by atoms with E-state index in [4.69, 9.17) is 18.9 Å². The van der Waals surface area contributed by atoms with E-state index in [-0.39, 0.29) is 28.7 Å². The lowest BCUT2D eigenvalue weighted by atomic mass is 10.1. The van der Waals surface area contributed by atoms with Crippen LogP contribution >= 0.6 is 11.3 Å². The minimum absolute atomic E-state index is 0.144. The predicted octanol–water partition coefficient (Wildman–Crippen LogP) is 4.86. The number of amides is 1. The molecule has 0 saturated heterocycles. The van der Waals surface area contributed by atoms with Crippen molar-refractivity contribution in [3.05, 3.63) is 45.8 Å². The Morgan fingerprint density at radius 2 is 1.73 bits per heavy atom. The van der Waals surface area contributed by atoms with Crippen LogP contribution in [-0.4, -0.2) is 44.8 Å². The van der Waals surface area contributed by atoms with E-state index in [1.54, 1.807) is 52.2 Å². The first-order chi connectivity index (χ1) is 15.9. The summed E-state index contributed by atoms with van der Waals surface area (Å²) in [5.41, 5.74) is 1.28. The molecular weight excluding hydrogens is 446 g/mol. The molecule has 0 aliphatic heterocycles. The topological polar surface area (TPSA) is 100 Å². The maximum Gasteiger partial charge on any atom is 0.348 e. The molecule has 0 fully saturated rings. The quantitative estimate of drug-likeness (QED) is 0.366. The van der Waals surface area contributed by atoms with Crippen LogP contribution in [0, 0.1) is 6.92 Å². The third kappa shape index (κ3) is 6.82. The minimum Gasteiger partial charge on any atom is -0.493 e. The van der Waals surface area contributed by atoms with Gasteiger partial charge in [0.2, 0.25) is 5.91 Å². The summed E-state index contributed by atoms with van der Waals surface area (Å²) in [4.78, 5) is 37.5. The Labute approximate surface area is 197 Å². The van der Waals surface area contributed by atoms with Crippen molar-refractivity contribution in [2.24, 2.45) is 0 Å². The van der Waals surface area contributed by atoms with Gasteiger partial charge in [0.05, 0.1) is 32.5 Å². The number of thiophene rings is 1. The fraction of sp³-hybridized carbons (Fsp3) is 0.375. The number of rotatable bonds is 11. The Balaban J connectivity index is 2.25. The van der Waals surface area contributed by atoms with Gasteiger partial charge in [0.25, 0.3) is 0 Å². The smallest absolute Gasteiger partial charge is 0.348 e. The fourth-order valence-corrected chi connectivity index (χ4v) is 3.98. The molecule has 1 amide bonds. The highest BCUT2D eigenvalue weighted by atomic mass is 32.1. The zero-order valence-electron chi connectivity index (χ0n) is 19.5. The number of carbonyl (C=O) groups is 3.